The molecule has 0 bridgehead atoms. The molecule has 8 heteroatoms. The summed E-state index contributed by atoms with van der Waals surface area (Å²) in [6, 6.07) is 13.8. The standard InChI is InChI=1S/C21H15N5O2S/c1-12(27)18(24-16-7-8-17(23-2)19-15(16)9-10-29-19)21-26-25-20(28-21)14-5-3-13(11-22)4-6-14/h3-10,12,18,24,27H,1H3/t12-,18-/m1/s1. The number of benzene rings is 2. The molecule has 0 amide bonds. The summed E-state index contributed by atoms with van der Waals surface area (Å²) in [5.74, 6) is 0.554. The molecule has 0 aliphatic rings. The second-order valence-electron chi connectivity index (χ2n) is 6.40. The van der Waals surface area contributed by atoms with Crippen molar-refractivity contribution in [2.45, 2.75) is 19.1 Å². The van der Waals surface area contributed by atoms with E-state index in [1.165, 1.54) is 11.3 Å². The van der Waals surface area contributed by atoms with Gasteiger partial charge in [0, 0.05) is 21.3 Å². The fourth-order valence-electron chi connectivity index (χ4n) is 2.98. The number of aliphatic hydroxyl groups is 1. The summed E-state index contributed by atoms with van der Waals surface area (Å²) in [5.41, 5.74) is 2.60. The summed E-state index contributed by atoms with van der Waals surface area (Å²) in [4.78, 5) is 3.56. The van der Waals surface area contributed by atoms with Crippen LogP contribution in [0.15, 0.2) is 52.3 Å². The van der Waals surface area contributed by atoms with Gasteiger partial charge in [-0.1, -0.05) is 6.07 Å². The molecule has 0 aliphatic heterocycles. The van der Waals surface area contributed by atoms with Gasteiger partial charge in [-0.05, 0) is 48.7 Å². The lowest BCUT2D eigenvalue weighted by Crippen LogP contribution is -2.23. The summed E-state index contributed by atoms with van der Waals surface area (Å²) < 4.78 is 6.69. The van der Waals surface area contributed by atoms with Gasteiger partial charge in [-0.2, -0.15) is 16.6 Å². The van der Waals surface area contributed by atoms with Crippen LogP contribution in [0.5, 0.6) is 0 Å². The van der Waals surface area contributed by atoms with Crippen molar-refractivity contribution >= 4 is 32.8 Å². The van der Waals surface area contributed by atoms with Gasteiger partial charge >= 0.3 is 0 Å². The predicted molar refractivity (Wildman–Crippen MR) is 111 cm³/mol. The Balaban J connectivity index is 1.66. The maximum Gasteiger partial charge on any atom is 0.247 e. The van der Waals surface area contributed by atoms with Crippen molar-refractivity contribution in [3.63, 3.8) is 0 Å². The van der Waals surface area contributed by atoms with Crippen LogP contribution in [-0.4, -0.2) is 21.4 Å². The molecule has 0 aliphatic carbocycles. The molecule has 4 aromatic rings. The first-order valence-corrected chi connectivity index (χ1v) is 9.65. The molecule has 0 unspecified atom stereocenters. The van der Waals surface area contributed by atoms with Crippen molar-refractivity contribution in [1.29, 1.82) is 5.26 Å². The first-order valence-electron chi connectivity index (χ1n) is 8.77. The van der Waals surface area contributed by atoms with Gasteiger partial charge < -0.3 is 14.8 Å². The number of hydrogen-bond acceptors (Lipinski definition) is 7. The molecule has 2 N–H and O–H groups in total. The third-order valence-corrected chi connectivity index (χ3v) is 5.41. The largest absolute Gasteiger partial charge is 0.418 e. The number of thiophene rings is 1. The zero-order valence-electron chi connectivity index (χ0n) is 15.3. The lowest BCUT2D eigenvalue weighted by atomic mass is 10.1. The van der Waals surface area contributed by atoms with Crippen molar-refractivity contribution < 1.29 is 9.52 Å². The number of aliphatic hydroxyl groups excluding tert-OH is 1. The maximum absolute atomic E-state index is 10.3. The second-order valence-corrected chi connectivity index (χ2v) is 7.32. The minimum Gasteiger partial charge on any atom is -0.418 e. The van der Waals surface area contributed by atoms with Crippen molar-refractivity contribution in [3.8, 4) is 17.5 Å². The van der Waals surface area contributed by atoms with Crippen LogP contribution in [0.25, 0.3) is 26.4 Å². The van der Waals surface area contributed by atoms with E-state index in [4.69, 9.17) is 16.3 Å². The summed E-state index contributed by atoms with van der Waals surface area (Å²) in [7, 11) is 0. The first kappa shape index (κ1) is 18.6. The van der Waals surface area contributed by atoms with Crippen LogP contribution in [0.3, 0.4) is 0 Å². The zero-order chi connectivity index (χ0) is 20.4. The van der Waals surface area contributed by atoms with E-state index >= 15 is 0 Å². The quantitative estimate of drug-likeness (QED) is 0.461. The minimum atomic E-state index is -0.807. The molecule has 0 saturated heterocycles. The molecule has 0 fully saturated rings. The van der Waals surface area contributed by atoms with Crippen molar-refractivity contribution in [2.75, 3.05) is 5.32 Å². The van der Waals surface area contributed by atoms with Gasteiger partial charge in [0.05, 0.1) is 24.3 Å². The van der Waals surface area contributed by atoms with E-state index in [1.807, 2.05) is 17.5 Å². The topological polar surface area (TPSA) is 99.3 Å². The Bertz CT molecular complexity index is 1240. The molecule has 2 aromatic carbocycles. The molecule has 7 nitrogen and oxygen atoms in total. The van der Waals surface area contributed by atoms with Gasteiger partial charge in [-0.15, -0.1) is 10.2 Å². The molecular formula is C21H15N5O2S. The normalized spacial score (nSPS) is 12.8. The zero-order valence-corrected chi connectivity index (χ0v) is 16.1. The van der Waals surface area contributed by atoms with E-state index in [-0.39, 0.29) is 5.89 Å². The number of fused-ring (bicyclic) bond motifs is 1. The van der Waals surface area contributed by atoms with E-state index in [9.17, 15) is 5.11 Å². The van der Waals surface area contributed by atoms with E-state index in [0.717, 1.165) is 15.8 Å². The number of hydrogen-bond donors (Lipinski definition) is 2. The molecule has 2 atom stereocenters. The van der Waals surface area contributed by atoms with E-state index < -0.39 is 12.1 Å². The molecule has 0 spiro atoms. The number of rotatable bonds is 5. The fraction of sp³-hybridized carbons (Fsp3) is 0.143. The Morgan fingerprint density at radius 1 is 1.21 bits per heavy atom. The summed E-state index contributed by atoms with van der Waals surface area (Å²) in [5, 5.41) is 33.5. The minimum absolute atomic E-state index is 0.247. The van der Waals surface area contributed by atoms with Gasteiger partial charge in [0.25, 0.3) is 0 Å². The average Bonchev–Trinajstić information content (AvgIpc) is 3.42. The van der Waals surface area contributed by atoms with Crippen LogP contribution in [-0.2, 0) is 0 Å². The number of nitrogens with zero attached hydrogens (tertiary/aromatic N) is 4. The van der Waals surface area contributed by atoms with Crippen LogP contribution in [0.2, 0.25) is 0 Å². The molecule has 29 heavy (non-hydrogen) atoms. The fourth-order valence-corrected chi connectivity index (χ4v) is 3.86. The smallest absolute Gasteiger partial charge is 0.247 e. The lowest BCUT2D eigenvalue weighted by Gasteiger charge is -2.20. The predicted octanol–water partition coefficient (Wildman–Crippen LogP) is 4.91. The van der Waals surface area contributed by atoms with Crippen LogP contribution in [0, 0.1) is 17.9 Å². The highest BCUT2D eigenvalue weighted by Crippen LogP contribution is 2.37. The summed E-state index contributed by atoms with van der Waals surface area (Å²) in [6.45, 7) is 8.95. The van der Waals surface area contributed by atoms with Crippen LogP contribution in [0.1, 0.15) is 24.4 Å². The van der Waals surface area contributed by atoms with Crippen molar-refractivity contribution in [2.24, 2.45) is 0 Å². The lowest BCUT2D eigenvalue weighted by molar-refractivity contribution is 0.160. The van der Waals surface area contributed by atoms with Gasteiger partial charge in [-0.25, -0.2) is 4.85 Å². The van der Waals surface area contributed by atoms with E-state index in [1.54, 1.807) is 37.3 Å². The van der Waals surface area contributed by atoms with E-state index in [2.05, 4.69) is 26.4 Å². The highest BCUT2D eigenvalue weighted by Gasteiger charge is 2.25. The summed E-state index contributed by atoms with van der Waals surface area (Å²) >= 11 is 1.50. The molecule has 0 saturated carbocycles. The number of nitrogens with one attached hydrogen (secondary N) is 1. The Hall–Kier alpha value is -3.72. The molecule has 0 radical (unpaired) electrons. The van der Waals surface area contributed by atoms with Crippen molar-refractivity contribution in [3.05, 3.63) is 70.7 Å². The highest BCUT2D eigenvalue weighted by atomic mass is 32.1. The molecule has 4 rings (SSSR count). The van der Waals surface area contributed by atoms with Crippen LogP contribution < -0.4 is 5.32 Å². The van der Waals surface area contributed by atoms with Crippen LogP contribution in [0.4, 0.5) is 11.4 Å². The molecule has 2 aromatic heterocycles. The molecule has 142 valence electrons. The van der Waals surface area contributed by atoms with E-state index in [0.29, 0.717) is 22.7 Å². The first-order chi connectivity index (χ1) is 14.1. The number of nitriles is 1. The third kappa shape index (κ3) is 3.55. The maximum atomic E-state index is 10.3. The van der Waals surface area contributed by atoms with Gasteiger partial charge in [0.2, 0.25) is 17.5 Å². The molecule has 2 heterocycles. The highest BCUT2D eigenvalue weighted by molar-refractivity contribution is 7.18. The summed E-state index contributed by atoms with van der Waals surface area (Å²) in [6.07, 6.45) is -0.807. The Morgan fingerprint density at radius 3 is 2.69 bits per heavy atom. The number of aromatic nitrogens is 2. The Labute approximate surface area is 170 Å². The monoisotopic (exact) mass is 401 g/mol. The number of anilines is 1. The van der Waals surface area contributed by atoms with Gasteiger partial charge in [0.1, 0.15) is 6.04 Å². The van der Waals surface area contributed by atoms with Crippen molar-refractivity contribution in [1.82, 2.24) is 10.2 Å². The SMILES string of the molecule is [C-]#[N+]c1ccc(N[C@@H](c2nnc(-c3ccc(C#N)cc3)o2)[C@@H](C)O)c2ccsc12. The second kappa shape index (κ2) is 7.72. The average molecular weight is 401 g/mol. The Morgan fingerprint density at radius 2 is 2.00 bits per heavy atom. The van der Waals surface area contributed by atoms with Gasteiger partial charge in [-0.3, -0.25) is 0 Å². The Kier molecular flexibility index (Phi) is 4.96. The van der Waals surface area contributed by atoms with Crippen LogP contribution >= 0.6 is 11.3 Å². The molecular weight excluding hydrogens is 386 g/mol. The third-order valence-electron chi connectivity index (χ3n) is 4.48. The van der Waals surface area contributed by atoms with Gasteiger partial charge in [0.15, 0.2) is 0 Å².